The molecule has 0 nitrogen and oxygen atoms in total. The van der Waals surface area contributed by atoms with Crippen LogP contribution in [0.25, 0.3) is 0 Å². The minimum Gasteiger partial charge on any atom is -0.0845 e. The molecule has 0 fully saturated rings. The minimum absolute atomic E-state index is 1.18. The van der Waals surface area contributed by atoms with Gasteiger partial charge in [-0.2, -0.15) is 0 Å². The van der Waals surface area contributed by atoms with Crippen LogP contribution in [0.2, 0.25) is 0 Å². The minimum atomic E-state index is 1.18. The molecule has 0 saturated heterocycles. The Bertz CT molecular complexity index is 111. The second-order valence-corrected chi connectivity index (χ2v) is 3.18. The molecule has 0 aliphatic carbocycles. The van der Waals surface area contributed by atoms with Gasteiger partial charge >= 0.3 is 0 Å². The lowest BCUT2D eigenvalue weighted by Crippen LogP contribution is -1.77. The molecule has 0 N–H and O–H groups in total. The average molecular weight is 165 g/mol. The molecule has 0 aliphatic heterocycles. The van der Waals surface area contributed by atoms with Crippen molar-refractivity contribution >= 4 is 0 Å². The summed E-state index contributed by atoms with van der Waals surface area (Å²) in [6, 6.07) is 0. The molecule has 0 rings (SSSR count). The van der Waals surface area contributed by atoms with Gasteiger partial charge in [0, 0.05) is 0 Å². The smallest absolute Gasteiger partial charge is 0.0348 e. The van der Waals surface area contributed by atoms with Gasteiger partial charge in [0.25, 0.3) is 0 Å². The standard InChI is InChI=1S/C12H21/c1-3-5-7-9-11-12-10-8-6-4-2/h1,3,5,7H,4,6,8-12H2,2H3. The van der Waals surface area contributed by atoms with Gasteiger partial charge in [-0.05, 0) is 12.8 Å². The Morgan fingerprint density at radius 2 is 1.67 bits per heavy atom. The largest absolute Gasteiger partial charge is 0.0845 e. The molecule has 0 bridgehead atoms. The Balaban J connectivity index is 2.90. The van der Waals surface area contributed by atoms with Crippen molar-refractivity contribution in [3.8, 4) is 0 Å². The van der Waals surface area contributed by atoms with Gasteiger partial charge < -0.3 is 0 Å². The number of hydrogen-bond acceptors (Lipinski definition) is 0. The molecular weight excluding hydrogens is 144 g/mol. The third kappa shape index (κ3) is 9.48. The lowest BCUT2D eigenvalue weighted by atomic mass is 10.1. The zero-order valence-corrected chi connectivity index (χ0v) is 8.26. The van der Waals surface area contributed by atoms with Crippen molar-refractivity contribution in [2.24, 2.45) is 0 Å². The highest BCUT2D eigenvalue weighted by molar-refractivity contribution is 4.95. The van der Waals surface area contributed by atoms with E-state index in [1.807, 2.05) is 6.08 Å². The van der Waals surface area contributed by atoms with Crippen LogP contribution in [0.3, 0.4) is 0 Å². The van der Waals surface area contributed by atoms with Crippen LogP contribution < -0.4 is 0 Å². The topological polar surface area (TPSA) is 0 Å². The van der Waals surface area contributed by atoms with E-state index in [0.29, 0.717) is 0 Å². The molecule has 0 saturated carbocycles. The Morgan fingerprint density at radius 1 is 1.00 bits per heavy atom. The second-order valence-electron chi connectivity index (χ2n) is 3.18. The first-order valence-electron chi connectivity index (χ1n) is 5.12. The van der Waals surface area contributed by atoms with Crippen molar-refractivity contribution in [2.45, 2.75) is 51.9 Å². The van der Waals surface area contributed by atoms with Crippen molar-refractivity contribution in [3.63, 3.8) is 0 Å². The van der Waals surface area contributed by atoms with Gasteiger partial charge in [0.2, 0.25) is 0 Å². The fourth-order valence-corrected chi connectivity index (χ4v) is 1.22. The van der Waals surface area contributed by atoms with Crippen LogP contribution in [0.1, 0.15) is 51.9 Å². The molecule has 0 spiro atoms. The molecule has 12 heavy (non-hydrogen) atoms. The van der Waals surface area contributed by atoms with Gasteiger partial charge in [-0.3, -0.25) is 0 Å². The Labute approximate surface area is 77.4 Å². The van der Waals surface area contributed by atoms with Gasteiger partial charge in [0.15, 0.2) is 0 Å². The molecule has 1 radical (unpaired) electrons. The molecule has 0 aliphatic rings. The fourth-order valence-electron chi connectivity index (χ4n) is 1.22. The first kappa shape index (κ1) is 11.5. The normalized spacial score (nSPS) is 10.8. The van der Waals surface area contributed by atoms with Crippen molar-refractivity contribution in [3.05, 3.63) is 24.8 Å². The predicted molar refractivity (Wildman–Crippen MR) is 56.0 cm³/mol. The van der Waals surface area contributed by atoms with Crippen molar-refractivity contribution in [1.29, 1.82) is 0 Å². The summed E-state index contributed by atoms with van der Waals surface area (Å²) in [4.78, 5) is 0. The van der Waals surface area contributed by atoms with Crippen molar-refractivity contribution in [2.75, 3.05) is 0 Å². The summed E-state index contributed by atoms with van der Waals surface area (Å²) < 4.78 is 0. The summed E-state index contributed by atoms with van der Waals surface area (Å²) in [6.07, 6.45) is 15.1. The molecule has 0 aromatic rings. The number of hydrogen-bond donors (Lipinski definition) is 0. The maximum absolute atomic E-state index is 5.20. The first-order valence-corrected chi connectivity index (χ1v) is 5.12. The third-order valence-electron chi connectivity index (χ3n) is 1.97. The maximum atomic E-state index is 5.20. The van der Waals surface area contributed by atoms with Crippen LogP contribution in [0.4, 0.5) is 0 Å². The lowest BCUT2D eigenvalue weighted by molar-refractivity contribution is 0.611. The van der Waals surface area contributed by atoms with E-state index in [1.165, 1.54) is 44.9 Å². The van der Waals surface area contributed by atoms with E-state index in [1.54, 1.807) is 6.08 Å². The summed E-state index contributed by atoms with van der Waals surface area (Å²) in [7, 11) is 0. The SMILES string of the molecule is [CH]=CC=CCCCCCCCC. The van der Waals surface area contributed by atoms with E-state index in [0.717, 1.165) is 0 Å². The first-order chi connectivity index (χ1) is 5.91. The highest BCUT2D eigenvalue weighted by Gasteiger charge is 1.87. The van der Waals surface area contributed by atoms with Gasteiger partial charge in [-0.1, -0.05) is 63.8 Å². The highest BCUT2D eigenvalue weighted by Crippen LogP contribution is 2.06. The summed E-state index contributed by atoms with van der Waals surface area (Å²) in [6.45, 7) is 7.45. The Hall–Kier alpha value is -0.520. The summed E-state index contributed by atoms with van der Waals surface area (Å²) in [5.74, 6) is 0. The second kappa shape index (κ2) is 10.5. The summed E-state index contributed by atoms with van der Waals surface area (Å²) in [5.41, 5.74) is 0. The lowest BCUT2D eigenvalue weighted by Gasteiger charge is -1.96. The number of unbranched alkanes of at least 4 members (excludes halogenated alkanes) is 6. The van der Waals surface area contributed by atoms with E-state index in [-0.39, 0.29) is 0 Å². The predicted octanol–water partition coefficient (Wildman–Crippen LogP) is 4.28. The molecule has 0 heterocycles. The van der Waals surface area contributed by atoms with Crippen molar-refractivity contribution in [1.82, 2.24) is 0 Å². The van der Waals surface area contributed by atoms with Crippen LogP contribution in [0, 0.1) is 6.58 Å². The van der Waals surface area contributed by atoms with Gasteiger partial charge in [0.1, 0.15) is 0 Å². The zero-order chi connectivity index (χ0) is 9.07. The number of allylic oxidation sites excluding steroid dienone is 3. The van der Waals surface area contributed by atoms with Crippen LogP contribution in [-0.2, 0) is 0 Å². The molecule has 0 unspecified atom stereocenters. The van der Waals surface area contributed by atoms with E-state index in [2.05, 4.69) is 13.0 Å². The summed E-state index contributed by atoms with van der Waals surface area (Å²) in [5, 5.41) is 0. The Kier molecular flexibility index (Phi) is 10.0. The molecule has 0 aromatic carbocycles. The number of rotatable bonds is 8. The van der Waals surface area contributed by atoms with Crippen molar-refractivity contribution < 1.29 is 0 Å². The monoisotopic (exact) mass is 165 g/mol. The van der Waals surface area contributed by atoms with Crippen LogP contribution in [-0.4, -0.2) is 0 Å². The molecule has 0 aromatic heterocycles. The average Bonchev–Trinajstić information content (AvgIpc) is 2.10. The van der Waals surface area contributed by atoms with Crippen LogP contribution in [0.15, 0.2) is 18.2 Å². The molecule has 0 amide bonds. The maximum Gasteiger partial charge on any atom is -0.0348 e. The molecular formula is C12H21. The zero-order valence-electron chi connectivity index (χ0n) is 8.26. The van der Waals surface area contributed by atoms with Gasteiger partial charge in [0.05, 0.1) is 0 Å². The highest BCUT2D eigenvalue weighted by atomic mass is 13.9. The Morgan fingerprint density at radius 3 is 2.33 bits per heavy atom. The third-order valence-corrected chi connectivity index (χ3v) is 1.97. The quantitative estimate of drug-likeness (QED) is 0.372. The van der Waals surface area contributed by atoms with Crippen LogP contribution >= 0.6 is 0 Å². The van der Waals surface area contributed by atoms with Gasteiger partial charge in [-0.15, -0.1) is 0 Å². The summed E-state index contributed by atoms with van der Waals surface area (Å²) >= 11 is 0. The van der Waals surface area contributed by atoms with Gasteiger partial charge in [-0.25, -0.2) is 0 Å². The molecule has 0 atom stereocenters. The molecule has 0 heteroatoms. The van der Waals surface area contributed by atoms with E-state index < -0.39 is 0 Å². The fraction of sp³-hybridized carbons (Fsp3) is 0.667. The van der Waals surface area contributed by atoms with E-state index in [4.69, 9.17) is 6.58 Å². The van der Waals surface area contributed by atoms with E-state index >= 15 is 0 Å². The van der Waals surface area contributed by atoms with E-state index in [9.17, 15) is 0 Å². The molecule has 69 valence electrons. The van der Waals surface area contributed by atoms with Crippen LogP contribution in [0.5, 0.6) is 0 Å².